The summed E-state index contributed by atoms with van der Waals surface area (Å²) in [6.07, 6.45) is 5.70. The van der Waals surface area contributed by atoms with Crippen LogP contribution in [0.1, 0.15) is 46.0 Å². The van der Waals surface area contributed by atoms with Crippen LogP contribution >= 0.6 is 0 Å². The molecule has 1 aliphatic heterocycles. The number of carbonyl (C=O) groups is 1. The third kappa shape index (κ3) is 1.25. The minimum absolute atomic E-state index is 0.154. The lowest BCUT2D eigenvalue weighted by Crippen LogP contribution is -2.44. The van der Waals surface area contributed by atoms with E-state index >= 15 is 0 Å². The molecular formula is C12H20N2O. The molecule has 1 amide bonds. The molecule has 3 aliphatic rings. The van der Waals surface area contributed by atoms with Crippen molar-refractivity contribution < 1.29 is 4.79 Å². The fraction of sp³-hybridized carbons (Fsp3) is 0.917. The van der Waals surface area contributed by atoms with E-state index in [2.05, 4.69) is 24.1 Å². The molecular weight excluding hydrogens is 188 g/mol. The molecule has 0 radical (unpaired) electrons. The van der Waals surface area contributed by atoms with E-state index in [0.29, 0.717) is 17.4 Å². The summed E-state index contributed by atoms with van der Waals surface area (Å²) in [5.74, 6) is 0.385. The van der Waals surface area contributed by atoms with Crippen molar-refractivity contribution in [2.45, 2.75) is 57.5 Å². The zero-order valence-corrected chi connectivity index (χ0v) is 9.68. The quantitative estimate of drug-likeness (QED) is 0.708. The van der Waals surface area contributed by atoms with Gasteiger partial charge in [0.05, 0.1) is 12.2 Å². The van der Waals surface area contributed by atoms with E-state index in [1.807, 2.05) is 0 Å². The molecule has 15 heavy (non-hydrogen) atoms. The molecule has 2 aliphatic carbocycles. The van der Waals surface area contributed by atoms with Crippen LogP contribution in [-0.4, -0.2) is 29.1 Å². The van der Waals surface area contributed by atoms with Gasteiger partial charge < -0.3 is 4.90 Å². The molecule has 1 saturated heterocycles. The van der Waals surface area contributed by atoms with Gasteiger partial charge in [0, 0.05) is 6.04 Å². The maximum Gasteiger partial charge on any atom is 0.244 e. The second kappa shape index (κ2) is 2.76. The zero-order valence-electron chi connectivity index (χ0n) is 9.68. The van der Waals surface area contributed by atoms with Crippen molar-refractivity contribution in [1.29, 1.82) is 0 Å². The van der Waals surface area contributed by atoms with Gasteiger partial charge in [-0.1, -0.05) is 26.7 Å². The van der Waals surface area contributed by atoms with Crippen LogP contribution in [0.3, 0.4) is 0 Å². The van der Waals surface area contributed by atoms with Crippen molar-refractivity contribution in [3.63, 3.8) is 0 Å². The highest BCUT2D eigenvalue weighted by atomic mass is 16.2. The Hall–Kier alpha value is -0.570. The molecule has 0 bridgehead atoms. The van der Waals surface area contributed by atoms with Crippen molar-refractivity contribution in [1.82, 2.24) is 10.2 Å². The standard InChI is InChI=1S/C12H20N2O/c1-11(2)7-9(11)14-8-13-12(10(14)15)5-3-4-6-12/h9,13H,3-8H2,1-2H3. The number of nitrogens with one attached hydrogen (secondary N) is 1. The van der Waals surface area contributed by atoms with Crippen molar-refractivity contribution in [2.24, 2.45) is 5.41 Å². The Balaban J connectivity index is 1.77. The van der Waals surface area contributed by atoms with Gasteiger partial charge in [0.15, 0.2) is 0 Å². The molecule has 1 unspecified atom stereocenters. The van der Waals surface area contributed by atoms with Crippen LogP contribution in [0.15, 0.2) is 0 Å². The largest absolute Gasteiger partial charge is 0.325 e. The molecule has 84 valence electrons. The summed E-state index contributed by atoms with van der Waals surface area (Å²) in [6.45, 7) is 5.29. The smallest absolute Gasteiger partial charge is 0.244 e. The Morgan fingerprint density at radius 1 is 1.33 bits per heavy atom. The predicted octanol–water partition coefficient (Wildman–Crippen LogP) is 1.49. The Kier molecular flexibility index (Phi) is 1.77. The third-order valence-corrected chi connectivity index (χ3v) is 4.55. The third-order valence-electron chi connectivity index (χ3n) is 4.55. The van der Waals surface area contributed by atoms with Gasteiger partial charge in [-0.25, -0.2) is 0 Å². The monoisotopic (exact) mass is 208 g/mol. The number of amides is 1. The number of carbonyl (C=O) groups excluding carboxylic acids is 1. The summed E-state index contributed by atoms with van der Waals surface area (Å²) < 4.78 is 0. The van der Waals surface area contributed by atoms with Crippen LogP contribution in [0, 0.1) is 5.41 Å². The first kappa shape index (κ1) is 9.64. The number of rotatable bonds is 1. The van der Waals surface area contributed by atoms with E-state index in [-0.39, 0.29) is 5.54 Å². The molecule has 3 heteroatoms. The summed E-state index contributed by atoms with van der Waals surface area (Å²) in [6, 6.07) is 0.498. The lowest BCUT2D eigenvalue weighted by Gasteiger charge is -2.22. The highest BCUT2D eigenvalue weighted by Gasteiger charge is 2.57. The Bertz CT molecular complexity index is 305. The van der Waals surface area contributed by atoms with E-state index in [0.717, 1.165) is 19.5 Å². The fourth-order valence-corrected chi connectivity index (χ4v) is 3.25. The Labute approximate surface area is 91.2 Å². The van der Waals surface area contributed by atoms with E-state index in [1.165, 1.54) is 19.3 Å². The number of hydrogen-bond acceptors (Lipinski definition) is 2. The number of hydrogen-bond donors (Lipinski definition) is 1. The number of nitrogens with zero attached hydrogens (tertiary/aromatic N) is 1. The summed E-state index contributed by atoms with van der Waals surface area (Å²) in [5, 5.41) is 3.47. The zero-order chi connectivity index (χ0) is 10.7. The molecule has 0 aromatic carbocycles. The van der Waals surface area contributed by atoms with Crippen LogP contribution < -0.4 is 5.32 Å². The fourth-order valence-electron chi connectivity index (χ4n) is 3.25. The topological polar surface area (TPSA) is 32.3 Å². The average molecular weight is 208 g/mol. The van der Waals surface area contributed by atoms with Gasteiger partial charge in [-0.15, -0.1) is 0 Å². The molecule has 3 rings (SSSR count). The van der Waals surface area contributed by atoms with E-state index in [1.54, 1.807) is 0 Å². The van der Waals surface area contributed by atoms with Crippen LogP contribution in [0.5, 0.6) is 0 Å². The van der Waals surface area contributed by atoms with Crippen molar-refractivity contribution in [3.8, 4) is 0 Å². The molecule has 1 N–H and O–H groups in total. The first-order chi connectivity index (χ1) is 7.05. The second-order valence-corrected chi connectivity index (χ2v) is 6.11. The molecule has 1 heterocycles. The Morgan fingerprint density at radius 3 is 2.47 bits per heavy atom. The van der Waals surface area contributed by atoms with Crippen LogP contribution in [-0.2, 0) is 4.79 Å². The highest BCUT2D eigenvalue weighted by molar-refractivity contribution is 5.89. The maximum absolute atomic E-state index is 12.4. The second-order valence-electron chi connectivity index (χ2n) is 6.11. The highest BCUT2D eigenvalue weighted by Crippen LogP contribution is 2.50. The van der Waals surface area contributed by atoms with Crippen molar-refractivity contribution >= 4 is 5.91 Å². The minimum atomic E-state index is -0.154. The van der Waals surface area contributed by atoms with Gasteiger partial charge in [0.2, 0.25) is 5.91 Å². The molecule has 1 spiro atoms. The van der Waals surface area contributed by atoms with Crippen LogP contribution in [0.2, 0.25) is 0 Å². The van der Waals surface area contributed by atoms with Gasteiger partial charge in [-0.2, -0.15) is 0 Å². The predicted molar refractivity (Wildman–Crippen MR) is 58.2 cm³/mol. The normalized spacial score (nSPS) is 36.5. The summed E-state index contributed by atoms with van der Waals surface area (Å²) in [5.41, 5.74) is 0.208. The lowest BCUT2D eigenvalue weighted by atomic mass is 9.98. The molecule has 0 aromatic rings. The molecule has 3 fully saturated rings. The first-order valence-electron chi connectivity index (χ1n) is 6.11. The molecule has 2 saturated carbocycles. The SMILES string of the molecule is CC1(C)CC1N1CNC2(CCCC2)C1=O. The van der Waals surface area contributed by atoms with Crippen LogP contribution in [0.4, 0.5) is 0 Å². The van der Waals surface area contributed by atoms with E-state index in [9.17, 15) is 4.79 Å². The van der Waals surface area contributed by atoms with Crippen molar-refractivity contribution in [3.05, 3.63) is 0 Å². The van der Waals surface area contributed by atoms with Gasteiger partial charge in [-0.3, -0.25) is 10.1 Å². The molecule has 3 nitrogen and oxygen atoms in total. The van der Waals surface area contributed by atoms with E-state index < -0.39 is 0 Å². The maximum atomic E-state index is 12.4. The summed E-state index contributed by atoms with van der Waals surface area (Å²) >= 11 is 0. The summed E-state index contributed by atoms with van der Waals surface area (Å²) in [4.78, 5) is 14.5. The van der Waals surface area contributed by atoms with Gasteiger partial charge >= 0.3 is 0 Å². The first-order valence-corrected chi connectivity index (χ1v) is 6.11. The summed E-state index contributed by atoms with van der Waals surface area (Å²) in [7, 11) is 0. The molecule has 0 aromatic heterocycles. The van der Waals surface area contributed by atoms with Gasteiger partial charge in [-0.05, 0) is 24.7 Å². The van der Waals surface area contributed by atoms with Gasteiger partial charge in [0.25, 0.3) is 0 Å². The van der Waals surface area contributed by atoms with Gasteiger partial charge in [0.1, 0.15) is 0 Å². The van der Waals surface area contributed by atoms with E-state index in [4.69, 9.17) is 0 Å². The van der Waals surface area contributed by atoms with Crippen LogP contribution in [0.25, 0.3) is 0 Å². The lowest BCUT2D eigenvalue weighted by molar-refractivity contribution is -0.133. The molecule has 1 atom stereocenters. The van der Waals surface area contributed by atoms with Crippen molar-refractivity contribution in [2.75, 3.05) is 6.67 Å². The minimum Gasteiger partial charge on any atom is -0.325 e. The Morgan fingerprint density at radius 2 is 1.93 bits per heavy atom. The average Bonchev–Trinajstić information content (AvgIpc) is 2.61.